The summed E-state index contributed by atoms with van der Waals surface area (Å²) in [7, 11) is 0. The van der Waals surface area contributed by atoms with Crippen molar-refractivity contribution >= 4 is 21.8 Å². The molecule has 0 spiro atoms. The van der Waals surface area contributed by atoms with Gasteiger partial charge in [-0.2, -0.15) is 13.2 Å². The number of rotatable bonds is 1. The Morgan fingerprint density at radius 3 is 2.71 bits per heavy atom. The van der Waals surface area contributed by atoms with Gasteiger partial charge in [0.05, 0.1) is 11.5 Å². The number of carbonyl (C=O) groups excluding carboxylic acids is 1. The van der Waals surface area contributed by atoms with Crippen LogP contribution in [-0.4, -0.2) is 27.9 Å². The minimum atomic E-state index is -4.98. The van der Waals surface area contributed by atoms with Crippen molar-refractivity contribution < 1.29 is 23.1 Å². The number of halogens is 4. The van der Waals surface area contributed by atoms with Crippen molar-refractivity contribution in [3.05, 3.63) is 46.1 Å². The van der Waals surface area contributed by atoms with Gasteiger partial charge in [0.2, 0.25) is 0 Å². The first kappa shape index (κ1) is 17.3. The third-order valence-electron chi connectivity index (χ3n) is 4.48. The molecule has 1 aliphatic heterocycles. The summed E-state index contributed by atoms with van der Waals surface area (Å²) >= 11 is 3.17. The Bertz CT molecular complexity index is 692. The summed E-state index contributed by atoms with van der Waals surface area (Å²) in [5, 5.41) is 10.9. The number of alkyl halides is 3. The number of fused-ring (bicyclic) bond motifs is 1. The second-order valence-corrected chi connectivity index (χ2v) is 6.81. The third-order valence-corrected chi connectivity index (χ3v) is 5.17. The number of hydrogen-bond donors (Lipinski definition) is 2. The van der Waals surface area contributed by atoms with E-state index in [9.17, 15) is 23.1 Å². The zero-order chi connectivity index (χ0) is 17.5. The SMILES string of the molecule is O=C(c1ccccc1Br)N1NC2=CCCCC[C@@H]2[C@@]1(O)C(F)(F)F. The molecule has 4 nitrogen and oxygen atoms in total. The van der Waals surface area contributed by atoms with Crippen LogP contribution >= 0.6 is 15.9 Å². The lowest BCUT2D eigenvalue weighted by Gasteiger charge is -2.37. The lowest BCUT2D eigenvalue weighted by atomic mass is 9.89. The number of allylic oxidation sites excluding steroid dienone is 1. The smallest absolute Gasteiger partial charge is 0.362 e. The van der Waals surface area contributed by atoms with Crippen molar-refractivity contribution in [2.24, 2.45) is 5.92 Å². The summed E-state index contributed by atoms with van der Waals surface area (Å²) < 4.78 is 41.6. The Morgan fingerprint density at radius 1 is 1.33 bits per heavy atom. The van der Waals surface area contributed by atoms with Gasteiger partial charge in [0.15, 0.2) is 0 Å². The second-order valence-electron chi connectivity index (χ2n) is 5.95. The molecule has 1 amide bonds. The number of aliphatic hydroxyl groups is 1. The van der Waals surface area contributed by atoms with Crippen LogP contribution in [0.2, 0.25) is 0 Å². The number of carbonyl (C=O) groups is 1. The lowest BCUT2D eigenvalue weighted by Crippen LogP contribution is -2.62. The van der Waals surface area contributed by atoms with Gasteiger partial charge in [-0.15, -0.1) is 0 Å². The molecule has 1 aromatic rings. The van der Waals surface area contributed by atoms with Gasteiger partial charge in [0, 0.05) is 10.2 Å². The second kappa shape index (κ2) is 6.07. The normalized spacial score (nSPS) is 27.1. The summed E-state index contributed by atoms with van der Waals surface area (Å²) in [4.78, 5) is 12.7. The highest BCUT2D eigenvalue weighted by molar-refractivity contribution is 9.10. The van der Waals surface area contributed by atoms with E-state index in [1.165, 1.54) is 6.07 Å². The summed E-state index contributed by atoms with van der Waals surface area (Å²) in [6, 6.07) is 6.18. The molecular formula is C16H16BrF3N2O2. The van der Waals surface area contributed by atoms with E-state index in [-0.39, 0.29) is 17.7 Å². The summed E-state index contributed by atoms with van der Waals surface area (Å²) in [5.74, 6) is -2.14. The van der Waals surface area contributed by atoms with Crippen LogP contribution in [0.15, 0.2) is 40.5 Å². The predicted octanol–water partition coefficient (Wildman–Crippen LogP) is 3.73. The molecule has 0 bridgehead atoms. The molecule has 1 aliphatic carbocycles. The van der Waals surface area contributed by atoms with Gasteiger partial charge >= 0.3 is 6.18 Å². The molecule has 0 aromatic heterocycles. The number of nitrogens with zero attached hydrogens (tertiary/aromatic N) is 1. The number of hydrazine groups is 1. The van der Waals surface area contributed by atoms with Gasteiger partial charge in [-0.05, 0) is 47.3 Å². The Morgan fingerprint density at radius 2 is 2.04 bits per heavy atom. The highest BCUT2D eigenvalue weighted by Crippen LogP contribution is 2.48. The molecule has 24 heavy (non-hydrogen) atoms. The van der Waals surface area contributed by atoms with E-state index in [1.54, 1.807) is 24.3 Å². The fraction of sp³-hybridized carbons (Fsp3) is 0.438. The maximum absolute atomic E-state index is 13.8. The molecule has 3 rings (SSSR count). The molecule has 1 aromatic carbocycles. The Labute approximate surface area is 145 Å². The van der Waals surface area contributed by atoms with Crippen LogP contribution in [0.3, 0.4) is 0 Å². The van der Waals surface area contributed by atoms with Crippen molar-refractivity contribution in [2.45, 2.75) is 37.6 Å². The molecule has 2 N–H and O–H groups in total. The van der Waals surface area contributed by atoms with E-state index in [2.05, 4.69) is 21.4 Å². The lowest BCUT2D eigenvalue weighted by molar-refractivity contribution is -0.314. The fourth-order valence-electron chi connectivity index (χ4n) is 3.24. The van der Waals surface area contributed by atoms with Gasteiger partial charge in [-0.1, -0.05) is 24.6 Å². The highest BCUT2D eigenvalue weighted by Gasteiger charge is 2.68. The molecule has 130 valence electrons. The van der Waals surface area contributed by atoms with E-state index in [4.69, 9.17) is 0 Å². The van der Waals surface area contributed by atoms with Gasteiger partial charge in [0.1, 0.15) is 0 Å². The highest BCUT2D eigenvalue weighted by atomic mass is 79.9. The van der Waals surface area contributed by atoms with Crippen LogP contribution in [0.4, 0.5) is 13.2 Å². The van der Waals surface area contributed by atoms with Crippen molar-refractivity contribution in [3.8, 4) is 0 Å². The molecule has 2 aliphatic rings. The maximum Gasteiger partial charge on any atom is 0.439 e. The van der Waals surface area contributed by atoms with E-state index in [1.807, 2.05) is 0 Å². The first-order valence-electron chi connectivity index (χ1n) is 7.61. The molecule has 1 fully saturated rings. The standard InChI is InChI=1S/C16H16BrF3N2O2/c17-12-8-5-4-6-10(12)14(23)22-15(24,16(18,19)20)11-7-2-1-3-9-13(11)21-22/h4-6,8-9,11,21,24H,1-3,7H2/t11-,15+/m0/s1. The van der Waals surface area contributed by atoms with Gasteiger partial charge in [-0.25, -0.2) is 5.01 Å². The molecule has 2 atom stereocenters. The first-order valence-corrected chi connectivity index (χ1v) is 8.41. The quantitative estimate of drug-likeness (QED) is 0.749. The molecule has 1 saturated heterocycles. The number of hydrogen-bond acceptors (Lipinski definition) is 3. The van der Waals surface area contributed by atoms with Crippen molar-refractivity contribution in [3.63, 3.8) is 0 Å². The minimum absolute atomic E-state index is 0.0461. The Kier molecular flexibility index (Phi) is 4.37. The molecule has 1 heterocycles. The van der Waals surface area contributed by atoms with E-state index in [0.29, 0.717) is 22.3 Å². The van der Waals surface area contributed by atoms with Crippen LogP contribution in [0.5, 0.6) is 0 Å². The van der Waals surface area contributed by atoms with Gasteiger partial charge < -0.3 is 5.11 Å². The molecule has 8 heteroatoms. The van der Waals surface area contributed by atoms with Crippen molar-refractivity contribution in [1.82, 2.24) is 10.4 Å². The molecule has 0 saturated carbocycles. The van der Waals surface area contributed by atoms with E-state index >= 15 is 0 Å². The van der Waals surface area contributed by atoms with E-state index in [0.717, 1.165) is 6.42 Å². The largest absolute Gasteiger partial charge is 0.439 e. The molecule has 0 unspecified atom stereocenters. The average molecular weight is 405 g/mol. The third kappa shape index (κ3) is 2.61. The summed E-state index contributed by atoms with van der Waals surface area (Å²) in [5.41, 5.74) is -0.456. The predicted molar refractivity (Wildman–Crippen MR) is 84.5 cm³/mol. The molecule has 0 radical (unpaired) electrons. The van der Waals surface area contributed by atoms with Crippen LogP contribution < -0.4 is 5.43 Å². The van der Waals surface area contributed by atoms with Gasteiger partial charge in [-0.3, -0.25) is 10.2 Å². The summed E-state index contributed by atoms with van der Waals surface area (Å²) in [6.07, 6.45) is -1.25. The first-order chi connectivity index (χ1) is 11.3. The van der Waals surface area contributed by atoms with E-state index < -0.39 is 23.7 Å². The fourth-order valence-corrected chi connectivity index (χ4v) is 3.70. The van der Waals surface area contributed by atoms with Crippen LogP contribution in [-0.2, 0) is 0 Å². The van der Waals surface area contributed by atoms with Crippen LogP contribution in [0, 0.1) is 5.92 Å². The molecular weight excluding hydrogens is 389 g/mol. The monoisotopic (exact) mass is 404 g/mol. The van der Waals surface area contributed by atoms with Crippen molar-refractivity contribution in [2.75, 3.05) is 0 Å². The summed E-state index contributed by atoms with van der Waals surface area (Å²) in [6.45, 7) is 0. The van der Waals surface area contributed by atoms with Crippen LogP contribution in [0.1, 0.15) is 36.0 Å². The minimum Gasteiger partial charge on any atom is -0.362 e. The topological polar surface area (TPSA) is 52.6 Å². The number of amides is 1. The number of benzene rings is 1. The average Bonchev–Trinajstić information content (AvgIpc) is 2.68. The zero-order valence-corrected chi connectivity index (χ0v) is 14.2. The van der Waals surface area contributed by atoms with Gasteiger partial charge in [0.25, 0.3) is 11.6 Å². The Hall–Kier alpha value is -1.54. The van der Waals surface area contributed by atoms with Crippen LogP contribution in [0.25, 0.3) is 0 Å². The Balaban J connectivity index is 2.07. The zero-order valence-electron chi connectivity index (χ0n) is 12.6. The maximum atomic E-state index is 13.8. The number of nitrogens with one attached hydrogen (secondary N) is 1. The van der Waals surface area contributed by atoms with Crippen molar-refractivity contribution in [1.29, 1.82) is 0 Å².